The molecule has 1 saturated heterocycles. The molecule has 14 heteroatoms. The number of halogens is 3. The summed E-state index contributed by atoms with van der Waals surface area (Å²) < 4.78 is 71.8. The molecule has 36 heavy (non-hydrogen) atoms. The Morgan fingerprint density at radius 2 is 1.92 bits per heavy atom. The summed E-state index contributed by atoms with van der Waals surface area (Å²) in [6.45, 7) is 4.09. The molecule has 0 bridgehead atoms. The van der Waals surface area contributed by atoms with Crippen molar-refractivity contribution in [3.63, 3.8) is 0 Å². The molecule has 1 aromatic heterocycles. The van der Waals surface area contributed by atoms with Crippen LogP contribution >= 0.6 is 0 Å². The van der Waals surface area contributed by atoms with Crippen LogP contribution < -0.4 is 9.62 Å². The highest BCUT2D eigenvalue weighted by Crippen LogP contribution is 2.37. The molecule has 2 aromatic rings. The predicted molar refractivity (Wildman–Crippen MR) is 125 cm³/mol. The molecule has 3 N–H and O–H groups in total. The molecular weight excluding hydrogens is 505 g/mol. The molecule has 1 aliphatic heterocycles. The highest BCUT2D eigenvalue weighted by molar-refractivity contribution is 7.80. The lowest BCUT2D eigenvalue weighted by Crippen LogP contribution is -2.55. The van der Waals surface area contributed by atoms with E-state index in [1.807, 2.05) is 0 Å². The minimum Gasteiger partial charge on any atom is -0.444 e. The molecule has 1 fully saturated rings. The Morgan fingerprint density at radius 1 is 1.25 bits per heavy atom. The standard InChI is InChI=1S/C22H27F3N4O6S/c1-21(2,3)35-20(32)28-8-7-22(11-28,12-30)29(36(33)34)16-10-27(4)18(17(16)25)19(31)26-13-5-6-14(23)15(24)9-13/h5-6,9-10,30H,7-8,11-12H2,1-4H3,(H,26,31)(H,33,34). The second-order valence-corrected chi connectivity index (χ2v) is 10.3. The predicted octanol–water partition coefficient (Wildman–Crippen LogP) is 3.01. The zero-order valence-electron chi connectivity index (χ0n) is 20.0. The van der Waals surface area contributed by atoms with Crippen LogP contribution in [-0.4, -0.2) is 66.2 Å². The van der Waals surface area contributed by atoms with Crippen molar-refractivity contribution in [2.24, 2.45) is 7.05 Å². The molecular formula is C22H27F3N4O6S. The van der Waals surface area contributed by atoms with E-state index in [9.17, 15) is 32.2 Å². The lowest BCUT2D eigenvalue weighted by molar-refractivity contribution is 0.0279. The van der Waals surface area contributed by atoms with Gasteiger partial charge in [-0.2, -0.15) is 0 Å². The van der Waals surface area contributed by atoms with Gasteiger partial charge in [0.2, 0.25) is 0 Å². The van der Waals surface area contributed by atoms with Gasteiger partial charge in [-0.15, -0.1) is 0 Å². The maximum absolute atomic E-state index is 15.5. The van der Waals surface area contributed by atoms with Crippen LogP contribution in [-0.2, 0) is 23.1 Å². The number of nitrogens with one attached hydrogen (secondary N) is 1. The van der Waals surface area contributed by atoms with Gasteiger partial charge in [-0.25, -0.2) is 22.2 Å². The summed E-state index contributed by atoms with van der Waals surface area (Å²) in [5.41, 5.74) is -3.55. The van der Waals surface area contributed by atoms with E-state index in [0.717, 1.165) is 22.9 Å². The Hall–Kier alpha value is -3.10. The van der Waals surface area contributed by atoms with Crippen molar-refractivity contribution in [1.29, 1.82) is 0 Å². The Bertz CT molecular complexity index is 1200. The highest BCUT2D eigenvalue weighted by Gasteiger charge is 2.49. The van der Waals surface area contributed by atoms with Crippen LogP contribution in [0.25, 0.3) is 0 Å². The second kappa shape index (κ2) is 10.1. The van der Waals surface area contributed by atoms with Crippen molar-refractivity contribution in [3.8, 4) is 0 Å². The van der Waals surface area contributed by atoms with Gasteiger partial charge in [-0.05, 0) is 39.3 Å². The van der Waals surface area contributed by atoms with E-state index in [1.54, 1.807) is 20.8 Å². The van der Waals surface area contributed by atoms with Crippen molar-refractivity contribution in [3.05, 3.63) is 47.5 Å². The molecule has 0 saturated carbocycles. The van der Waals surface area contributed by atoms with Crippen LogP contribution in [0.4, 0.5) is 29.3 Å². The Balaban J connectivity index is 1.93. The largest absolute Gasteiger partial charge is 0.444 e. The maximum Gasteiger partial charge on any atom is 0.410 e. The lowest BCUT2D eigenvalue weighted by atomic mass is 9.99. The first-order chi connectivity index (χ1) is 16.7. The SMILES string of the molecule is Cn1cc(N(S(=O)O)C2(CO)CCN(C(=O)OC(C)(C)C)C2)c(F)c1C(=O)Nc1ccc(F)c(F)c1. The van der Waals surface area contributed by atoms with Gasteiger partial charge in [0.25, 0.3) is 17.2 Å². The van der Waals surface area contributed by atoms with Gasteiger partial charge in [-0.3, -0.25) is 13.7 Å². The number of nitrogens with zero attached hydrogens (tertiary/aromatic N) is 3. The van der Waals surface area contributed by atoms with Gasteiger partial charge >= 0.3 is 6.09 Å². The topological polar surface area (TPSA) is 124 Å². The van der Waals surface area contributed by atoms with Crippen LogP contribution in [0.3, 0.4) is 0 Å². The van der Waals surface area contributed by atoms with Crippen LogP contribution in [0.5, 0.6) is 0 Å². The van der Waals surface area contributed by atoms with Crippen LogP contribution in [0, 0.1) is 17.5 Å². The summed E-state index contributed by atoms with van der Waals surface area (Å²) in [6.07, 6.45) is 0.373. The summed E-state index contributed by atoms with van der Waals surface area (Å²) in [4.78, 5) is 26.5. The normalized spacial score (nSPS) is 18.8. The summed E-state index contributed by atoms with van der Waals surface area (Å²) >= 11 is -2.87. The molecule has 2 heterocycles. The average Bonchev–Trinajstić information content (AvgIpc) is 3.31. The van der Waals surface area contributed by atoms with Crippen molar-refractivity contribution in [2.45, 2.75) is 38.3 Å². The molecule has 2 amide bonds. The summed E-state index contributed by atoms with van der Waals surface area (Å²) in [6, 6.07) is 2.59. The Kier molecular flexibility index (Phi) is 7.72. The number of aryl methyl sites for hydroxylation is 1. The number of aromatic nitrogens is 1. The molecule has 2 atom stereocenters. The van der Waals surface area contributed by atoms with Gasteiger partial charge in [0.05, 0.1) is 18.7 Å². The van der Waals surface area contributed by atoms with E-state index in [2.05, 4.69) is 5.32 Å². The molecule has 0 aliphatic carbocycles. The number of benzene rings is 1. The molecule has 1 aromatic carbocycles. The molecule has 2 unspecified atom stereocenters. The third-order valence-electron chi connectivity index (χ3n) is 5.58. The number of carbonyl (C=O) groups is 2. The fourth-order valence-electron chi connectivity index (χ4n) is 3.95. The number of anilines is 2. The first-order valence-corrected chi connectivity index (χ1v) is 11.9. The zero-order valence-corrected chi connectivity index (χ0v) is 20.9. The molecule has 0 spiro atoms. The van der Waals surface area contributed by atoms with Gasteiger partial charge < -0.3 is 24.6 Å². The first-order valence-electron chi connectivity index (χ1n) is 10.8. The summed E-state index contributed by atoms with van der Waals surface area (Å²) in [5, 5.41) is 12.5. The number of carbonyl (C=O) groups excluding carboxylic acids is 2. The van der Waals surface area contributed by atoms with Crippen LogP contribution in [0.15, 0.2) is 24.4 Å². The van der Waals surface area contributed by atoms with Gasteiger partial charge in [0.15, 0.2) is 17.5 Å². The van der Waals surface area contributed by atoms with E-state index >= 15 is 4.39 Å². The molecule has 10 nitrogen and oxygen atoms in total. The van der Waals surface area contributed by atoms with E-state index < -0.39 is 69.8 Å². The number of aliphatic hydroxyl groups is 1. The van der Waals surface area contributed by atoms with Crippen molar-refractivity contribution in [2.75, 3.05) is 29.3 Å². The molecule has 198 valence electrons. The number of likely N-dealkylation sites (tertiary alicyclic amines) is 1. The minimum absolute atomic E-state index is 0.000235. The number of hydrogen-bond donors (Lipinski definition) is 3. The van der Waals surface area contributed by atoms with Crippen LogP contribution in [0.2, 0.25) is 0 Å². The smallest absolute Gasteiger partial charge is 0.410 e. The van der Waals surface area contributed by atoms with Gasteiger partial charge in [0, 0.05) is 31.5 Å². The van der Waals surface area contributed by atoms with Crippen molar-refractivity contribution < 1.29 is 41.4 Å². The maximum atomic E-state index is 15.5. The number of aliphatic hydroxyl groups excluding tert-OH is 1. The first kappa shape index (κ1) is 27.5. The lowest BCUT2D eigenvalue weighted by Gasteiger charge is -2.37. The third kappa shape index (κ3) is 5.50. The minimum atomic E-state index is -2.87. The Labute approximate surface area is 208 Å². The van der Waals surface area contributed by atoms with Crippen molar-refractivity contribution in [1.82, 2.24) is 9.47 Å². The highest BCUT2D eigenvalue weighted by atomic mass is 32.2. The fraction of sp³-hybridized carbons (Fsp3) is 0.455. The fourth-order valence-corrected chi connectivity index (χ4v) is 4.78. The van der Waals surface area contributed by atoms with Crippen molar-refractivity contribution >= 4 is 34.6 Å². The number of ether oxygens (including phenoxy) is 1. The average molecular weight is 533 g/mol. The monoisotopic (exact) mass is 532 g/mol. The quantitative estimate of drug-likeness (QED) is 0.492. The Morgan fingerprint density at radius 3 is 2.47 bits per heavy atom. The van der Waals surface area contributed by atoms with E-state index in [4.69, 9.17) is 4.74 Å². The second-order valence-electron chi connectivity index (χ2n) is 9.43. The number of hydrogen-bond acceptors (Lipinski definition) is 5. The van der Waals surface area contributed by atoms with E-state index in [0.29, 0.717) is 10.4 Å². The summed E-state index contributed by atoms with van der Waals surface area (Å²) in [7, 11) is 1.30. The molecule has 1 aliphatic rings. The van der Waals surface area contributed by atoms with Crippen LogP contribution in [0.1, 0.15) is 37.7 Å². The van der Waals surface area contributed by atoms with Gasteiger partial charge in [0.1, 0.15) is 17.0 Å². The number of rotatable bonds is 6. The number of amides is 2. The summed E-state index contributed by atoms with van der Waals surface area (Å²) in [5.74, 6) is -4.57. The van der Waals surface area contributed by atoms with E-state index in [-0.39, 0.29) is 25.2 Å². The molecule has 3 rings (SSSR count). The molecule has 0 radical (unpaired) electrons. The van der Waals surface area contributed by atoms with Gasteiger partial charge in [-0.1, -0.05) is 0 Å². The van der Waals surface area contributed by atoms with E-state index in [1.165, 1.54) is 11.9 Å². The third-order valence-corrected chi connectivity index (χ3v) is 6.47. The zero-order chi connectivity index (χ0) is 27.0.